The van der Waals surface area contributed by atoms with Crippen LogP contribution in [0.4, 0.5) is 0 Å². The Hall–Kier alpha value is -2.63. The molecule has 94 valence electrons. The average Bonchev–Trinajstić information content (AvgIpc) is 2.83. The van der Waals surface area contributed by atoms with Crippen molar-refractivity contribution >= 4 is 16.8 Å². The molecule has 0 atom stereocenters. The smallest absolute Gasteiger partial charge is 0.212 e. The van der Waals surface area contributed by atoms with Gasteiger partial charge in [-0.15, -0.1) is 0 Å². The second-order valence-corrected chi connectivity index (χ2v) is 4.03. The van der Waals surface area contributed by atoms with Gasteiger partial charge >= 0.3 is 0 Å². The van der Waals surface area contributed by atoms with Crippen LogP contribution in [-0.4, -0.2) is 30.3 Å². The number of nitriles is 2. The molecule has 2 aromatic rings. The third kappa shape index (κ3) is 2.98. The predicted octanol–water partition coefficient (Wildman–Crippen LogP) is 1.96. The first-order valence-electron chi connectivity index (χ1n) is 5.72. The van der Waals surface area contributed by atoms with E-state index in [0.717, 1.165) is 5.39 Å². The number of nitrogens with zero attached hydrogens (tertiary/aromatic N) is 3. The number of Topliss-reactive ketones (excluding diaryl/α,β-unsaturated/α-hetero) is 1. The largest absolute Gasteiger partial charge is 0.453 e. The van der Waals surface area contributed by atoms with Gasteiger partial charge in [-0.3, -0.25) is 9.69 Å². The summed E-state index contributed by atoms with van der Waals surface area (Å²) in [6.45, 7) is 0.0833. The van der Waals surface area contributed by atoms with Gasteiger partial charge in [0.15, 0.2) is 5.76 Å². The molecule has 0 saturated carbocycles. The number of rotatable bonds is 5. The summed E-state index contributed by atoms with van der Waals surface area (Å²) in [5, 5.41) is 18.1. The molecule has 5 heteroatoms. The van der Waals surface area contributed by atoms with Crippen molar-refractivity contribution in [2.75, 3.05) is 19.6 Å². The van der Waals surface area contributed by atoms with Crippen molar-refractivity contribution in [3.63, 3.8) is 0 Å². The number of ketones is 1. The zero-order valence-electron chi connectivity index (χ0n) is 10.2. The van der Waals surface area contributed by atoms with E-state index >= 15 is 0 Å². The molecule has 1 aromatic heterocycles. The van der Waals surface area contributed by atoms with Gasteiger partial charge in [-0.05, 0) is 12.1 Å². The third-order valence-electron chi connectivity index (χ3n) is 2.66. The van der Waals surface area contributed by atoms with Gasteiger partial charge in [0, 0.05) is 5.39 Å². The Labute approximate surface area is 110 Å². The van der Waals surface area contributed by atoms with Crippen molar-refractivity contribution in [2.45, 2.75) is 0 Å². The van der Waals surface area contributed by atoms with E-state index < -0.39 is 0 Å². The van der Waals surface area contributed by atoms with E-state index in [9.17, 15) is 4.79 Å². The van der Waals surface area contributed by atoms with Crippen LogP contribution in [0.2, 0.25) is 0 Å². The van der Waals surface area contributed by atoms with Gasteiger partial charge in [0.05, 0.1) is 31.8 Å². The van der Waals surface area contributed by atoms with E-state index in [4.69, 9.17) is 14.9 Å². The molecule has 0 aliphatic rings. The SMILES string of the molecule is N#CCN(CC#N)CC(=O)c1cc2ccccc2o1. The van der Waals surface area contributed by atoms with Crippen LogP contribution in [-0.2, 0) is 0 Å². The van der Waals surface area contributed by atoms with E-state index in [1.807, 2.05) is 30.3 Å². The Morgan fingerprint density at radius 3 is 2.53 bits per heavy atom. The second kappa shape index (κ2) is 5.81. The summed E-state index contributed by atoms with van der Waals surface area (Å²) in [6, 6.07) is 12.9. The van der Waals surface area contributed by atoms with Crippen LogP contribution < -0.4 is 0 Å². The van der Waals surface area contributed by atoms with Crippen molar-refractivity contribution in [1.82, 2.24) is 4.90 Å². The standard InChI is InChI=1S/C14H11N3O2/c15-5-7-17(8-6-16)10-12(18)14-9-11-3-1-2-4-13(11)19-14/h1-4,9H,7-8,10H2. The number of carbonyl (C=O) groups excluding carboxylic acids is 1. The summed E-state index contributed by atoms with van der Waals surface area (Å²) >= 11 is 0. The van der Waals surface area contributed by atoms with Crippen LogP contribution in [0.15, 0.2) is 34.7 Å². The highest BCUT2D eigenvalue weighted by atomic mass is 16.3. The van der Waals surface area contributed by atoms with Crippen LogP contribution in [0.3, 0.4) is 0 Å². The molecule has 0 bridgehead atoms. The van der Waals surface area contributed by atoms with Gasteiger partial charge in [0.2, 0.25) is 5.78 Å². The number of benzene rings is 1. The highest BCUT2D eigenvalue weighted by Crippen LogP contribution is 2.19. The Bertz CT molecular complexity index is 627. The lowest BCUT2D eigenvalue weighted by atomic mass is 10.2. The van der Waals surface area contributed by atoms with Crippen LogP contribution in [0.1, 0.15) is 10.6 Å². The predicted molar refractivity (Wildman–Crippen MR) is 68.2 cm³/mol. The molecule has 0 N–H and O–H groups in total. The fraction of sp³-hybridized carbons (Fsp3) is 0.214. The normalized spacial score (nSPS) is 10.3. The lowest BCUT2D eigenvalue weighted by Crippen LogP contribution is -2.30. The van der Waals surface area contributed by atoms with Gasteiger partial charge in [-0.2, -0.15) is 10.5 Å². The zero-order chi connectivity index (χ0) is 13.7. The summed E-state index contributed by atoms with van der Waals surface area (Å²) in [4.78, 5) is 13.5. The summed E-state index contributed by atoms with van der Waals surface area (Å²) in [7, 11) is 0. The fourth-order valence-electron chi connectivity index (χ4n) is 1.77. The molecule has 0 radical (unpaired) electrons. The molecule has 0 aliphatic heterocycles. The van der Waals surface area contributed by atoms with Gasteiger partial charge in [-0.1, -0.05) is 18.2 Å². The molecule has 0 fully saturated rings. The molecule has 1 heterocycles. The Balaban J connectivity index is 2.15. The van der Waals surface area contributed by atoms with Crippen LogP contribution >= 0.6 is 0 Å². The molecule has 0 amide bonds. The van der Waals surface area contributed by atoms with Crippen molar-refractivity contribution in [2.24, 2.45) is 0 Å². The first kappa shape index (κ1) is 12.8. The second-order valence-electron chi connectivity index (χ2n) is 4.03. The van der Waals surface area contributed by atoms with Gasteiger partial charge in [0.1, 0.15) is 5.58 Å². The number of fused-ring (bicyclic) bond motifs is 1. The van der Waals surface area contributed by atoms with E-state index in [1.54, 1.807) is 12.1 Å². The first-order chi connectivity index (χ1) is 9.24. The molecule has 0 spiro atoms. The number of hydrogen-bond acceptors (Lipinski definition) is 5. The molecule has 2 rings (SSSR count). The van der Waals surface area contributed by atoms with E-state index in [2.05, 4.69) is 0 Å². The average molecular weight is 253 g/mol. The van der Waals surface area contributed by atoms with Gasteiger partial charge in [-0.25, -0.2) is 0 Å². The maximum Gasteiger partial charge on any atom is 0.212 e. The third-order valence-corrected chi connectivity index (χ3v) is 2.66. The lowest BCUT2D eigenvalue weighted by molar-refractivity contribution is 0.0921. The molecule has 0 saturated heterocycles. The van der Waals surface area contributed by atoms with Crippen LogP contribution in [0, 0.1) is 22.7 Å². The minimum atomic E-state index is -0.235. The van der Waals surface area contributed by atoms with E-state index in [1.165, 1.54) is 4.90 Å². The number of furan rings is 1. The van der Waals surface area contributed by atoms with Crippen molar-refractivity contribution in [1.29, 1.82) is 10.5 Å². The Morgan fingerprint density at radius 2 is 1.89 bits per heavy atom. The molecule has 0 unspecified atom stereocenters. The topological polar surface area (TPSA) is 81.0 Å². The van der Waals surface area contributed by atoms with Gasteiger partial charge < -0.3 is 4.42 Å². The summed E-state index contributed by atoms with van der Waals surface area (Å²) in [6.07, 6.45) is 0. The number of carbonyl (C=O) groups is 1. The summed E-state index contributed by atoms with van der Waals surface area (Å²) in [5.74, 6) is 0.0174. The molecule has 0 aliphatic carbocycles. The highest BCUT2D eigenvalue weighted by molar-refractivity contribution is 5.98. The Kier molecular flexibility index (Phi) is 3.92. The van der Waals surface area contributed by atoms with E-state index in [-0.39, 0.29) is 31.2 Å². The van der Waals surface area contributed by atoms with Crippen molar-refractivity contribution in [3.8, 4) is 12.1 Å². The fourth-order valence-corrected chi connectivity index (χ4v) is 1.77. The monoisotopic (exact) mass is 253 g/mol. The number of para-hydroxylation sites is 1. The minimum absolute atomic E-state index is 0.000934. The highest BCUT2D eigenvalue weighted by Gasteiger charge is 2.16. The van der Waals surface area contributed by atoms with Gasteiger partial charge in [0.25, 0.3) is 0 Å². The van der Waals surface area contributed by atoms with Crippen molar-refractivity contribution in [3.05, 3.63) is 36.1 Å². The molecular weight excluding hydrogens is 242 g/mol. The molecule has 5 nitrogen and oxygen atoms in total. The maximum atomic E-state index is 12.0. The molecule has 19 heavy (non-hydrogen) atoms. The van der Waals surface area contributed by atoms with E-state index in [0.29, 0.717) is 5.58 Å². The molecular formula is C14H11N3O2. The number of hydrogen-bond donors (Lipinski definition) is 0. The first-order valence-corrected chi connectivity index (χ1v) is 5.72. The molecule has 1 aromatic carbocycles. The zero-order valence-corrected chi connectivity index (χ0v) is 10.2. The minimum Gasteiger partial charge on any atom is -0.453 e. The Morgan fingerprint density at radius 1 is 1.21 bits per heavy atom. The lowest BCUT2D eigenvalue weighted by Gasteiger charge is -2.12. The van der Waals surface area contributed by atoms with Crippen molar-refractivity contribution < 1.29 is 9.21 Å². The van der Waals surface area contributed by atoms with Crippen LogP contribution in [0.25, 0.3) is 11.0 Å². The van der Waals surface area contributed by atoms with Crippen LogP contribution in [0.5, 0.6) is 0 Å². The summed E-state index contributed by atoms with van der Waals surface area (Å²) < 4.78 is 5.44. The quantitative estimate of drug-likeness (QED) is 0.601. The summed E-state index contributed by atoms with van der Waals surface area (Å²) in [5.41, 5.74) is 0.651. The maximum absolute atomic E-state index is 12.0.